The standard InChI is InChI=1S/C8H12N2O2S/c1-8(9,3-7(11)12-2)6-4-10-13-5-6/h4-5H,3,9H2,1-2H3/t8-/m0/s1. The number of hydrogen-bond donors (Lipinski definition) is 1. The average Bonchev–Trinajstić information content (AvgIpc) is 2.55. The molecule has 1 rings (SSSR count). The van der Waals surface area contributed by atoms with E-state index in [-0.39, 0.29) is 12.4 Å². The lowest BCUT2D eigenvalue weighted by atomic mass is 9.93. The van der Waals surface area contributed by atoms with Crippen molar-refractivity contribution >= 4 is 17.5 Å². The minimum Gasteiger partial charge on any atom is -0.469 e. The predicted molar refractivity (Wildman–Crippen MR) is 50.3 cm³/mol. The van der Waals surface area contributed by atoms with Gasteiger partial charge in [-0.2, -0.15) is 0 Å². The fraction of sp³-hybridized carbons (Fsp3) is 0.500. The summed E-state index contributed by atoms with van der Waals surface area (Å²) in [6.45, 7) is 1.79. The number of esters is 1. The zero-order chi connectivity index (χ0) is 9.90. The van der Waals surface area contributed by atoms with Gasteiger partial charge in [0.05, 0.1) is 19.1 Å². The van der Waals surface area contributed by atoms with Crippen molar-refractivity contribution in [3.63, 3.8) is 0 Å². The number of ether oxygens (including phenoxy) is 1. The summed E-state index contributed by atoms with van der Waals surface area (Å²) >= 11 is 1.32. The van der Waals surface area contributed by atoms with Crippen LogP contribution in [0.2, 0.25) is 0 Å². The highest BCUT2D eigenvalue weighted by Crippen LogP contribution is 2.22. The Kier molecular flexibility index (Phi) is 3.00. The van der Waals surface area contributed by atoms with Crippen molar-refractivity contribution in [1.29, 1.82) is 0 Å². The molecule has 0 spiro atoms. The molecule has 1 atom stereocenters. The van der Waals surface area contributed by atoms with Crippen molar-refractivity contribution in [2.24, 2.45) is 5.73 Å². The molecule has 5 heteroatoms. The molecule has 0 radical (unpaired) electrons. The lowest BCUT2D eigenvalue weighted by Gasteiger charge is -2.21. The third kappa shape index (κ3) is 2.50. The summed E-state index contributed by atoms with van der Waals surface area (Å²) in [6.07, 6.45) is 1.84. The molecule has 0 aliphatic carbocycles. The summed E-state index contributed by atoms with van der Waals surface area (Å²) in [4.78, 5) is 11.0. The van der Waals surface area contributed by atoms with Crippen LogP contribution in [0.15, 0.2) is 11.6 Å². The van der Waals surface area contributed by atoms with E-state index in [9.17, 15) is 4.79 Å². The first kappa shape index (κ1) is 10.1. The molecular formula is C8H12N2O2S. The Balaban J connectivity index is 2.72. The highest BCUT2D eigenvalue weighted by Gasteiger charge is 2.26. The van der Waals surface area contributed by atoms with Gasteiger partial charge in [0.1, 0.15) is 0 Å². The monoisotopic (exact) mass is 200 g/mol. The largest absolute Gasteiger partial charge is 0.469 e. The van der Waals surface area contributed by atoms with Gasteiger partial charge in [-0.05, 0) is 18.5 Å². The molecule has 0 fully saturated rings. The fourth-order valence-corrected chi connectivity index (χ4v) is 1.64. The van der Waals surface area contributed by atoms with Crippen molar-refractivity contribution in [3.05, 3.63) is 17.1 Å². The number of aromatic nitrogens is 1. The third-order valence-corrected chi connectivity index (χ3v) is 2.42. The SMILES string of the molecule is COC(=O)C[C@](C)(N)c1cnsc1. The first-order valence-electron chi connectivity index (χ1n) is 3.82. The van der Waals surface area contributed by atoms with Gasteiger partial charge in [-0.25, -0.2) is 4.37 Å². The van der Waals surface area contributed by atoms with Crippen molar-refractivity contribution < 1.29 is 9.53 Å². The normalized spacial score (nSPS) is 15.0. The minimum absolute atomic E-state index is 0.169. The molecule has 0 aliphatic heterocycles. The molecule has 0 bridgehead atoms. The molecule has 4 nitrogen and oxygen atoms in total. The number of rotatable bonds is 3. The lowest BCUT2D eigenvalue weighted by Crippen LogP contribution is -2.35. The number of carbonyl (C=O) groups excluding carboxylic acids is 1. The number of carbonyl (C=O) groups is 1. The molecule has 72 valence electrons. The van der Waals surface area contributed by atoms with E-state index in [0.717, 1.165) is 5.56 Å². The molecule has 1 aromatic heterocycles. The van der Waals surface area contributed by atoms with Crippen molar-refractivity contribution in [2.45, 2.75) is 18.9 Å². The number of nitrogens with zero attached hydrogens (tertiary/aromatic N) is 1. The minimum atomic E-state index is -0.680. The maximum absolute atomic E-state index is 11.0. The number of nitrogens with two attached hydrogens (primary N) is 1. The van der Waals surface area contributed by atoms with Gasteiger partial charge in [-0.15, -0.1) is 0 Å². The van der Waals surface area contributed by atoms with E-state index in [1.807, 2.05) is 5.38 Å². The molecule has 0 aromatic carbocycles. The smallest absolute Gasteiger partial charge is 0.307 e. The van der Waals surface area contributed by atoms with E-state index in [0.29, 0.717) is 0 Å². The van der Waals surface area contributed by atoms with E-state index in [4.69, 9.17) is 5.73 Å². The molecule has 1 aromatic rings. The highest BCUT2D eigenvalue weighted by atomic mass is 32.1. The summed E-state index contributed by atoms with van der Waals surface area (Å²) in [6, 6.07) is 0. The Bertz CT molecular complexity index is 282. The van der Waals surface area contributed by atoms with Gasteiger partial charge in [0.15, 0.2) is 0 Å². The summed E-state index contributed by atoms with van der Waals surface area (Å²) in [5.74, 6) is -0.309. The van der Waals surface area contributed by atoms with Crippen LogP contribution in [0.1, 0.15) is 18.9 Å². The van der Waals surface area contributed by atoms with Gasteiger partial charge < -0.3 is 10.5 Å². The van der Waals surface area contributed by atoms with Crippen LogP contribution in [0.4, 0.5) is 0 Å². The van der Waals surface area contributed by atoms with Crippen LogP contribution in [0.5, 0.6) is 0 Å². The Morgan fingerprint density at radius 1 is 1.85 bits per heavy atom. The second-order valence-corrected chi connectivity index (χ2v) is 3.74. The number of hydrogen-bond acceptors (Lipinski definition) is 5. The molecule has 2 N–H and O–H groups in total. The first-order valence-corrected chi connectivity index (χ1v) is 4.65. The Labute approximate surface area is 80.9 Å². The zero-order valence-corrected chi connectivity index (χ0v) is 8.43. The molecule has 0 saturated carbocycles. The van der Waals surface area contributed by atoms with Gasteiger partial charge >= 0.3 is 5.97 Å². The van der Waals surface area contributed by atoms with Crippen LogP contribution in [-0.4, -0.2) is 17.5 Å². The van der Waals surface area contributed by atoms with Gasteiger partial charge in [-0.3, -0.25) is 4.79 Å². The van der Waals surface area contributed by atoms with Crippen LogP contribution < -0.4 is 5.73 Å². The fourth-order valence-electron chi connectivity index (χ4n) is 0.961. The highest BCUT2D eigenvalue weighted by molar-refractivity contribution is 7.03. The van der Waals surface area contributed by atoms with E-state index < -0.39 is 5.54 Å². The van der Waals surface area contributed by atoms with Gasteiger partial charge in [0, 0.05) is 17.1 Å². The maximum Gasteiger partial charge on any atom is 0.307 e. The van der Waals surface area contributed by atoms with Gasteiger partial charge in [0.25, 0.3) is 0 Å². The van der Waals surface area contributed by atoms with Crippen LogP contribution in [0, 0.1) is 0 Å². The predicted octanol–water partition coefficient (Wildman–Crippen LogP) is 0.880. The summed E-state index contributed by atoms with van der Waals surface area (Å²) in [5.41, 5.74) is 6.11. The molecular weight excluding hydrogens is 188 g/mol. The van der Waals surface area contributed by atoms with Crippen LogP contribution in [-0.2, 0) is 15.1 Å². The molecule has 0 amide bonds. The topological polar surface area (TPSA) is 65.2 Å². The average molecular weight is 200 g/mol. The van der Waals surface area contributed by atoms with Crippen LogP contribution in [0.25, 0.3) is 0 Å². The van der Waals surface area contributed by atoms with Crippen molar-refractivity contribution in [3.8, 4) is 0 Å². The molecule has 1 heterocycles. The maximum atomic E-state index is 11.0. The van der Waals surface area contributed by atoms with E-state index in [1.54, 1.807) is 13.1 Å². The molecule has 13 heavy (non-hydrogen) atoms. The summed E-state index contributed by atoms with van der Waals surface area (Å²) in [7, 11) is 1.35. The molecule has 0 aliphatic rings. The van der Waals surface area contributed by atoms with Crippen LogP contribution >= 0.6 is 11.5 Å². The Hall–Kier alpha value is -0.940. The van der Waals surface area contributed by atoms with Gasteiger partial charge in [0.2, 0.25) is 0 Å². The second-order valence-electron chi connectivity index (χ2n) is 3.08. The Morgan fingerprint density at radius 2 is 2.54 bits per heavy atom. The van der Waals surface area contributed by atoms with Crippen molar-refractivity contribution in [1.82, 2.24) is 4.37 Å². The summed E-state index contributed by atoms with van der Waals surface area (Å²) in [5, 5.41) is 1.84. The molecule has 0 saturated heterocycles. The van der Waals surface area contributed by atoms with Gasteiger partial charge in [-0.1, -0.05) is 0 Å². The van der Waals surface area contributed by atoms with E-state index >= 15 is 0 Å². The van der Waals surface area contributed by atoms with Crippen molar-refractivity contribution in [2.75, 3.05) is 7.11 Å². The number of methoxy groups -OCH3 is 1. The molecule has 0 unspecified atom stereocenters. The zero-order valence-electron chi connectivity index (χ0n) is 7.61. The Morgan fingerprint density at radius 3 is 3.00 bits per heavy atom. The summed E-state index contributed by atoms with van der Waals surface area (Å²) < 4.78 is 8.48. The van der Waals surface area contributed by atoms with E-state index in [2.05, 4.69) is 9.11 Å². The van der Waals surface area contributed by atoms with Crippen LogP contribution in [0.3, 0.4) is 0 Å². The van der Waals surface area contributed by atoms with E-state index in [1.165, 1.54) is 18.6 Å². The lowest BCUT2D eigenvalue weighted by molar-refractivity contribution is -0.141. The second kappa shape index (κ2) is 3.85. The first-order chi connectivity index (χ1) is 6.06. The quantitative estimate of drug-likeness (QED) is 0.735. The third-order valence-electron chi connectivity index (χ3n) is 1.83.